The van der Waals surface area contributed by atoms with Crippen molar-refractivity contribution in [2.24, 2.45) is 0 Å². The van der Waals surface area contributed by atoms with Crippen LogP contribution in [0.5, 0.6) is 11.5 Å². The molecule has 3 aromatic rings. The molecular weight excluding hydrogens is 338 g/mol. The molecule has 136 valence electrons. The second-order valence-corrected chi connectivity index (χ2v) is 6.63. The van der Waals surface area contributed by atoms with Gasteiger partial charge >= 0.3 is 0 Å². The fraction of sp³-hybridized carbons (Fsp3) is 0.174. The van der Waals surface area contributed by atoms with Crippen molar-refractivity contribution in [1.82, 2.24) is 4.90 Å². The summed E-state index contributed by atoms with van der Waals surface area (Å²) < 4.78 is 11.7. The van der Waals surface area contributed by atoms with Crippen LogP contribution >= 0.6 is 0 Å². The molecule has 1 aliphatic heterocycles. The fourth-order valence-corrected chi connectivity index (χ4v) is 3.20. The number of fused-ring (bicyclic) bond motifs is 1. The van der Waals surface area contributed by atoms with Gasteiger partial charge in [0.25, 0.3) is 5.91 Å². The SMILES string of the molecule is CN(CC1COc2ccccc2O1)C(=O)c1ccc(-c2ccccc2)cc1. The van der Waals surface area contributed by atoms with Crippen LogP contribution in [-0.4, -0.2) is 37.1 Å². The molecule has 4 nitrogen and oxygen atoms in total. The van der Waals surface area contributed by atoms with Gasteiger partial charge in [0.2, 0.25) is 0 Å². The van der Waals surface area contributed by atoms with E-state index in [2.05, 4.69) is 12.1 Å². The summed E-state index contributed by atoms with van der Waals surface area (Å²) in [5.74, 6) is 1.44. The Bertz CT molecular complexity index is 922. The largest absolute Gasteiger partial charge is 0.486 e. The van der Waals surface area contributed by atoms with Crippen LogP contribution < -0.4 is 9.47 Å². The van der Waals surface area contributed by atoms with E-state index in [1.54, 1.807) is 11.9 Å². The third kappa shape index (κ3) is 3.80. The second kappa shape index (κ2) is 7.54. The number of benzene rings is 3. The monoisotopic (exact) mass is 359 g/mol. The van der Waals surface area contributed by atoms with E-state index in [1.807, 2.05) is 66.7 Å². The molecule has 0 aliphatic carbocycles. The number of hydrogen-bond donors (Lipinski definition) is 0. The number of likely N-dealkylation sites (N-methyl/N-ethyl adjacent to an activating group) is 1. The van der Waals surface area contributed by atoms with Gasteiger partial charge < -0.3 is 14.4 Å². The molecule has 1 aliphatic rings. The molecule has 0 fully saturated rings. The van der Waals surface area contributed by atoms with E-state index in [9.17, 15) is 4.79 Å². The zero-order valence-corrected chi connectivity index (χ0v) is 15.2. The third-order valence-corrected chi connectivity index (χ3v) is 4.63. The summed E-state index contributed by atoms with van der Waals surface area (Å²) in [6.45, 7) is 0.898. The first-order chi connectivity index (χ1) is 13.2. The highest BCUT2D eigenvalue weighted by molar-refractivity contribution is 5.94. The lowest BCUT2D eigenvalue weighted by Gasteiger charge is -2.29. The van der Waals surface area contributed by atoms with Crippen LogP contribution in [0.4, 0.5) is 0 Å². The van der Waals surface area contributed by atoms with E-state index in [1.165, 1.54) is 0 Å². The van der Waals surface area contributed by atoms with E-state index in [0.717, 1.165) is 22.6 Å². The van der Waals surface area contributed by atoms with Gasteiger partial charge in [-0.25, -0.2) is 0 Å². The number of carbonyl (C=O) groups is 1. The van der Waals surface area contributed by atoms with Crippen LogP contribution in [-0.2, 0) is 0 Å². The van der Waals surface area contributed by atoms with Gasteiger partial charge in [-0.2, -0.15) is 0 Å². The maximum atomic E-state index is 12.7. The van der Waals surface area contributed by atoms with Crippen molar-refractivity contribution in [2.75, 3.05) is 20.2 Å². The molecule has 0 aromatic heterocycles. The van der Waals surface area contributed by atoms with Crippen LogP contribution in [0.15, 0.2) is 78.9 Å². The molecule has 0 saturated heterocycles. The average molecular weight is 359 g/mol. The maximum Gasteiger partial charge on any atom is 0.253 e. The van der Waals surface area contributed by atoms with Gasteiger partial charge in [-0.05, 0) is 35.4 Å². The summed E-state index contributed by atoms with van der Waals surface area (Å²) in [5, 5.41) is 0. The topological polar surface area (TPSA) is 38.8 Å². The zero-order valence-electron chi connectivity index (χ0n) is 15.2. The van der Waals surface area contributed by atoms with Gasteiger partial charge in [0.15, 0.2) is 17.6 Å². The van der Waals surface area contributed by atoms with Crippen molar-refractivity contribution in [2.45, 2.75) is 6.10 Å². The maximum absolute atomic E-state index is 12.7. The highest BCUT2D eigenvalue weighted by Crippen LogP contribution is 2.31. The minimum atomic E-state index is -0.183. The Morgan fingerprint density at radius 3 is 2.26 bits per heavy atom. The fourth-order valence-electron chi connectivity index (χ4n) is 3.20. The number of ether oxygens (including phenoxy) is 2. The lowest BCUT2D eigenvalue weighted by molar-refractivity contribution is 0.0521. The zero-order chi connectivity index (χ0) is 18.6. The second-order valence-electron chi connectivity index (χ2n) is 6.63. The van der Waals surface area contributed by atoms with Gasteiger partial charge in [0.05, 0.1) is 6.54 Å². The molecule has 1 heterocycles. The minimum Gasteiger partial charge on any atom is -0.486 e. The van der Waals surface area contributed by atoms with Crippen LogP contribution in [0, 0.1) is 0 Å². The quantitative estimate of drug-likeness (QED) is 0.698. The van der Waals surface area contributed by atoms with E-state index < -0.39 is 0 Å². The molecule has 1 unspecified atom stereocenters. The molecule has 4 rings (SSSR count). The standard InChI is InChI=1S/C23H21NO3/c1-24(15-20-16-26-21-9-5-6-10-22(21)27-20)23(25)19-13-11-18(12-14-19)17-7-3-2-4-8-17/h2-14,20H,15-16H2,1H3. The molecule has 4 heteroatoms. The van der Waals surface area contributed by atoms with Crippen LogP contribution in [0.1, 0.15) is 10.4 Å². The summed E-state index contributed by atoms with van der Waals surface area (Å²) >= 11 is 0. The number of amides is 1. The molecule has 0 spiro atoms. The minimum absolute atomic E-state index is 0.0305. The summed E-state index contributed by atoms with van der Waals surface area (Å²) in [7, 11) is 1.79. The van der Waals surface area contributed by atoms with E-state index in [0.29, 0.717) is 18.7 Å². The smallest absolute Gasteiger partial charge is 0.253 e. The van der Waals surface area contributed by atoms with E-state index >= 15 is 0 Å². The van der Waals surface area contributed by atoms with Crippen LogP contribution in [0.25, 0.3) is 11.1 Å². The van der Waals surface area contributed by atoms with Gasteiger partial charge in [-0.15, -0.1) is 0 Å². The van der Waals surface area contributed by atoms with Crippen molar-refractivity contribution in [3.8, 4) is 22.6 Å². The van der Waals surface area contributed by atoms with Crippen molar-refractivity contribution in [3.63, 3.8) is 0 Å². The number of para-hydroxylation sites is 2. The molecule has 0 saturated carbocycles. The Hall–Kier alpha value is -3.27. The Balaban J connectivity index is 1.41. The number of nitrogens with zero attached hydrogens (tertiary/aromatic N) is 1. The molecule has 0 radical (unpaired) electrons. The molecule has 1 atom stereocenters. The summed E-state index contributed by atoms with van der Waals surface area (Å²) in [6, 6.07) is 25.4. The average Bonchev–Trinajstić information content (AvgIpc) is 2.74. The molecular formula is C23H21NO3. The number of hydrogen-bond acceptors (Lipinski definition) is 3. The summed E-state index contributed by atoms with van der Waals surface area (Å²) in [6.07, 6.45) is -0.183. The van der Waals surface area contributed by atoms with Gasteiger partial charge in [0.1, 0.15) is 6.61 Å². The van der Waals surface area contributed by atoms with Gasteiger partial charge in [0, 0.05) is 12.6 Å². The lowest BCUT2D eigenvalue weighted by Crippen LogP contribution is -2.41. The van der Waals surface area contributed by atoms with E-state index in [4.69, 9.17) is 9.47 Å². The first kappa shape index (κ1) is 17.2. The molecule has 27 heavy (non-hydrogen) atoms. The van der Waals surface area contributed by atoms with Gasteiger partial charge in [-0.3, -0.25) is 4.79 Å². The molecule has 0 bridgehead atoms. The Kier molecular flexibility index (Phi) is 4.79. The first-order valence-corrected chi connectivity index (χ1v) is 9.00. The number of carbonyl (C=O) groups excluding carboxylic acids is 1. The Labute approximate surface area is 159 Å². The van der Waals surface area contributed by atoms with Crippen molar-refractivity contribution >= 4 is 5.91 Å². The normalized spacial score (nSPS) is 15.2. The number of rotatable bonds is 4. The third-order valence-electron chi connectivity index (χ3n) is 4.63. The molecule has 3 aromatic carbocycles. The van der Waals surface area contributed by atoms with Gasteiger partial charge in [-0.1, -0.05) is 54.6 Å². The summed E-state index contributed by atoms with van der Waals surface area (Å²) in [5.41, 5.74) is 2.89. The van der Waals surface area contributed by atoms with Crippen molar-refractivity contribution in [3.05, 3.63) is 84.4 Å². The van der Waals surface area contributed by atoms with Crippen LogP contribution in [0.3, 0.4) is 0 Å². The van der Waals surface area contributed by atoms with E-state index in [-0.39, 0.29) is 12.0 Å². The first-order valence-electron chi connectivity index (χ1n) is 9.00. The van der Waals surface area contributed by atoms with Crippen molar-refractivity contribution < 1.29 is 14.3 Å². The Morgan fingerprint density at radius 2 is 1.52 bits per heavy atom. The summed E-state index contributed by atoms with van der Waals surface area (Å²) in [4.78, 5) is 14.4. The molecule has 0 N–H and O–H groups in total. The Morgan fingerprint density at radius 1 is 0.889 bits per heavy atom. The lowest BCUT2D eigenvalue weighted by atomic mass is 10.0. The van der Waals surface area contributed by atoms with Crippen molar-refractivity contribution in [1.29, 1.82) is 0 Å². The molecule has 1 amide bonds. The predicted octanol–water partition coefficient (Wildman–Crippen LogP) is 4.27. The highest BCUT2D eigenvalue weighted by atomic mass is 16.6. The predicted molar refractivity (Wildman–Crippen MR) is 105 cm³/mol. The highest BCUT2D eigenvalue weighted by Gasteiger charge is 2.24. The van der Waals surface area contributed by atoms with Crippen LogP contribution in [0.2, 0.25) is 0 Å².